The lowest BCUT2D eigenvalue weighted by molar-refractivity contribution is 0.0689. The lowest BCUT2D eigenvalue weighted by Crippen LogP contribution is -2.40. The van der Waals surface area contributed by atoms with Gasteiger partial charge in [-0.2, -0.15) is 5.10 Å². The number of aromatic amines is 1. The summed E-state index contributed by atoms with van der Waals surface area (Å²) < 4.78 is 9.03. The summed E-state index contributed by atoms with van der Waals surface area (Å²) in [6, 6.07) is 27.3. The first kappa shape index (κ1) is 25.8. The molecule has 6 aromatic rings. The first-order valence-electron chi connectivity index (χ1n) is 14.1. The maximum Gasteiger partial charge on any atom is 0.326 e. The monoisotopic (exact) mass is 558 g/mol. The zero-order valence-corrected chi connectivity index (χ0v) is 23.4. The van der Waals surface area contributed by atoms with Crippen LogP contribution in [0.15, 0.2) is 89.7 Å². The average Bonchev–Trinajstić information content (AvgIpc) is 3.55. The normalized spacial score (nSPS) is 14.1. The second-order valence-electron chi connectivity index (χ2n) is 10.7. The highest BCUT2D eigenvalue weighted by atomic mass is 16.5. The number of aromatic nitrogens is 5. The van der Waals surface area contributed by atoms with E-state index in [0.29, 0.717) is 37.3 Å². The molecule has 1 saturated heterocycles. The fraction of sp³-hybridized carbons (Fsp3) is 0.212. The molecule has 0 atom stereocenters. The lowest BCUT2D eigenvalue weighted by Gasteiger charge is -2.32. The Balaban J connectivity index is 1.26. The van der Waals surface area contributed by atoms with E-state index in [1.807, 2.05) is 106 Å². The number of likely N-dealkylation sites (tertiary alicyclic amines) is 1. The highest BCUT2D eigenvalue weighted by Gasteiger charge is 2.29. The van der Waals surface area contributed by atoms with Crippen LogP contribution >= 0.6 is 0 Å². The molecule has 42 heavy (non-hydrogen) atoms. The van der Waals surface area contributed by atoms with Gasteiger partial charge in [-0.3, -0.25) is 9.36 Å². The zero-order valence-electron chi connectivity index (χ0n) is 23.4. The van der Waals surface area contributed by atoms with Gasteiger partial charge in [0.05, 0.1) is 29.5 Å². The van der Waals surface area contributed by atoms with Crippen molar-refractivity contribution in [2.75, 3.05) is 20.2 Å². The number of nitrogens with one attached hydrogen (secondary N) is 1. The molecule has 7 rings (SSSR count). The number of hydrogen-bond donors (Lipinski definition) is 1. The highest BCUT2D eigenvalue weighted by molar-refractivity contribution is 5.95. The largest absolute Gasteiger partial charge is 0.497 e. The van der Waals surface area contributed by atoms with E-state index in [1.165, 1.54) is 0 Å². The van der Waals surface area contributed by atoms with Crippen LogP contribution in [0.4, 0.5) is 0 Å². The van der Waals surface area contributed by atoms with Crippen molar-refractivity contribution in [3.63, 3.8) is 0 Å². The number of piperidine rings is 1. The lowest BCUT2D eigenvalue weighted by atomic mass is 10.0. The Bertz CT molecular complexity index is 1980. The molecule has 0 spiro atoms. The number of benzene rings is 3. The number of carbonyl (C=O) groups is 1. The number of para-hydroxylation sites is 2. The minimum absolute atomic E-state index is 0.0187. The smallest absolute Gasteiger partial charge is 0.326 e. The minimum Gasteiger partial charge on any atom is -0.497 e. The second kappa shape index (κ2) is 10.3. The van der Waals surface area contributed by atoms with Gasteiger partial charge in [-0.15, -0.1) is 0 Å². The summed E-state index contributed by atoms with van der Waals surface area (Å²) in [6.45, 7) is 3.03. The summed E-state index contributed by atoms with van der Waals surface area (Å²) in [5.41, 5.74) is 7.02. The van der Waals surface area contributed by atoms with E-state index in [2.05, 4.69) is 4.98 Å². The van der Waals surface area contributed by atoms with E-state index in [9.17, 15) is 9.59 Å². The molecule has 9 heteroatoms. The summed E-state index contributed by atoms with van der Waals surface area (Å²) >= 11 is 0. The molecular formula is C33H30N6O3. The van der Waals surface area contributed by atoms with Crippen LogP contribution in [-0.2, 0) is 0 Å². The second-order valence-corrected chi connectivity index (χ2v) is 10.7. The van der Waals surface area contributed by atoms with Crippen LogP contribution in [0.3, 0.4) is 0 Å². The molecule has 0 unspecified atom stereocenters. The van der Waals surface area contributed by atoms with E-state index >= 15 is 0 Å². The number of imidazole rings is 1. The van der Waals surface area contributed by atoms with Crippen molar-refractivity contribution >= 4 is 22.6 Å². The van der Waals surface area contributed by atoms with Gasteiger partial charge in [0.2, 0.25) is 0 Å². The maximum atomic E-state index is 14.0. The van der Waals surface area contributed by atoms with Crippen molar-refractivity contribution in [3.8, 4) is 28.1 Å². The molecule has 0 bridgehead atoms. The van der Waals surface area contributed by atoms with Crippen LogP contribution in [0, 0.1) is 6.92 Å². The van der Waals surface area contributed by atoms with Gasteiger partial charge in [0.25, 0.3) is 5.91 Å². The topological polar surface area (TPSA) is 97.5 Å². The van der Waals surface area contributed by atoms with E-state index in [1.54, 1.807) is 7.11 Å². The van der Waals surface area contributed by atoms with Gasteiger partial charge < -0.3 is 14.6 Å². The summed E-state index contributed by atoms with van der Waals surface area (Å²) in [4.78, 5) is 36.5. The Hall–Kier alpha value is -5.18. The first-order valence-corrected chi connectivity index (χ1v) is 14.1. The Labute approximate surface area is 242 Å². The standard InChI is InChI=1S/C33H30N6O3/c1-21-30(23-8-4-3-5-9-23)31-34-27(20-29(39(31)36-21)22-12-14-25(42-2)15-13-22)32(40)37-18-16-24(17-19-37)38-28-11-7-6-10-26(28)35-33(38)41/h3-15,20,24H,16-19H2,1-2H3,(H,35,41). The molecule has 4 heterocycles. The predicted octanol–water partition coefficient (Wildman–Crippen LogP) is 5.50. The van der Waals surface area contributed by atoms with Gasteiger partial charge in [0.1, 0.15) is 11.4 Å². The fourth-order valence-electron chi connectivity index (χ4n) is 6.07. The molecule has 3 aromatic heterocycles. The minimum atomic E-state index is -0.130. The molecule has 1 aliphatic rings. The van der Waals surface area contributed by atoms with Crippen LogP contribution in [-0.4, -0.2) is 55.2 Å². The highest BCUT2D eigenvalue weighted by Crippen LogP contribution is 2.32. The van der Waals surface area contributed by atoms with Crippen molar-refractivity contribution in [2.24, 2.45) is 0 Å². The van der Waals surface area contributed by atoms with E-state index < -0.39 is 0 Å². The van der Waals surface area contributed by atoms with Crippen LogP contribution in [0.2, 0.25) is 0 Å². The van der Waals surface area contributed by atoms with Gasteiger partial charge in [0.15, 0.2) is 5.65 Å². The third-order valence-corrected chi connectivity index (χ3v) is 8.17. The van der Waals surface area contributed by atoms with E-state index in [0.717, 1.165) is 44.9 Å². The van der Waals surface area contributed by atoms with Crippen LogP contribution in [0.25, 0.3) is 39.1 Å². The molecule has 9 nitrogen and oxygen atoms in total. The average molecular weight is 559 g/mol. The zero-order chi connectivity index (χ0) is 28.8. The molecule has 210 valence electrons. The number of fused-ring (bicyclic) bond motifs is 2. The van der Waals surface area contributed by atoms with Gasteiger partial charge in [-0.05, 0) is 67.8 Å². The van der Waals surface area contributed by atoms with Gasteiger partial charge in [-0.1, -0.05) is 42.5 Å². The molecule has 0 aliphatic carbocycles. The summed E-state index contributed by atoms with van der Waals surface area (Å²) in [6.07, 6.45) is 1.37. The van der Waals surface area contributed by atoms with E-state index in [4.69, 9.17) is 14.8 Å². The number of hydrogen-bond acceptors (Lipinski definition) is 5. The molecule has 0 saturated carbocycles. The quantitative estimate of drug-likeness (QED) is 0.301. The third-order valence-electron chi connectivity index (χ3n) is 8.17. The Morgan fingerprint density at radius 3 is 2.38 bits per heavy atom. The summed E-state index contributed by atoms with van der Waals surface area (Å²) in [7, 11) is 1.64. The number of methoxy groups -OCH3 is 1. The first-order chi connectivity index (χ1) is 20.5. The molecule has 3 aromatic carbocycles. The summed E-state index contributed by atoms with van der Waals surface area (Å²) in [5.74, 6) is 0.619. The predicted molar refractivity (Wildman–Crippen MR) is 162 cm³/mol. The van der Waals surface area contributed by atoms with Crippen molar-refractivity contribution in [1.82, 2.24) is 29.0 Å². The van der Waals surface area contributed by atoms with Crippen molar-refractivity contribution in [2.45, 2.75) is 25.8 Å². The SMILES string of the molecule is COc1ccc(-c2cc(C(=O)N3CCC(n4c(=O)[nH]c5ccccc54)CC3)nc3c(-c4ccccc4)c(C)nn23)cc1. The van der Waals surface area contributed by atoms with Crippen molar-refractivity contribution < 1.29 is 9.53 Å². The van der Waals surface area contributed by atoms with Crippen molar-refractivity contribution in [1.29, 1.82) is 0 Å². The van der Waals surface area contributed by atoms with Gasteiger partial charge >= 0.3 is 5.69 Å². The van der Waals surface area contributed by atoms with E-state index in [-0.39, 0.29) is 17.6 Å². The fourth-order valence-corrected chi connectivity index (χ4v) is 6.07. The number of aryl methyl sites for hydroxylation is 1. The Morgan fingerprint density at radius 2 is 1.64 bits per heavy atom. The van der Waals surface area contributed by atoms with Crippen LogP contribution in [0.1, 0.15) is 35.1 Å². The van der Waals surface area contributed by atoms with Gasteiger partial charge in [-0.25, -0.2) is 14.3 Å². The number of H-pyrrole nitrogens is 1. The molecule has 1 N–H and O–H groups in total. The number of rotatable bonds is 5. The van der Waals surface area contributed by atoms with Gasteiger partial charge in [0, 0.05) is 30.3 Å². The van der Waals surface area contributed by atoms with Crippen LogP contribution in [0.5, 0.6) is 5.75 Å². The molecule has 0 radical (unpaired) electrons. The number of amides is 1. The molecule has 1 fully saturated rings. The van der Waals surface area contributed by atoms with Crippen LogP contribution < -0.4 is 10.4 Å². The Kier molecular flexibility index (Phi) is 6.34. The maximum absolute atomic E-state index is 14.0. The van der Waals surface area contributed by atoms with Crippen molar-refractivity contribution in [3.05, 3.63) is 107 Å². The third kappa shape index (κ3) is 4.34. The molecule has 1 aliphatic heterocycles. The number of carbonyl (C=O) groups excluding carboxylic acids is 1. The number of ether oxygens (including phenoxy) is 1. The molecule has 1 amide bonds. The number of nitrogens with zero attached hydrogens (tertiary/aromatic N) is 5. The Morgan fingerprint density at radius 1 is 0.929 bits per heavy atom. The summed E-state index contributed by atoms with van der Waals surface area (Å²) in [5, 5.41) is 4.86. The molecular weight excluding hydrogens is 528 g/mol.